The van der Waals surface area contributed by atoms with E-state index in [0.29, 0.717) is 11.3 Å². The van der Waals surface area contributed by atoms with Gasteiger partial charge in [-0.15, -0.1) is 0 Å². The van der Waals surface area contributed by atoms with E-state index in [1.807, 2.05) is 13.8 Å². The van der Waals surface area contributed by atoms with Gasteiger partial charge in [0.25, 0.3) is 5.91 Å². The molecule has 0 aliphatic heterocycles. The van der Waals surface area contributed by atoms with Crippen molar-refractivity contribution >= 4 is 17.8 Å². The summed E-state index contributed by atoms with van der Waals surface area (Å²) in [6.07, 6.45) is 2.78. The molecule has 0 bridgehead atoms. The Morgan fingerprint density at radius 1 is 1.26 bits per heavy atom. The van der Waals surface area contributed by atoms with Crippen molar-refractivity contribution in [3.63, 3.8) is 0 Å². The van der Waals surface area contributed by atoms with Crippen molar-refractivity contribution in [1.82, 2.24) is 10.3 Å². The highest BCUT2D eigenvalue weighted by Gasteiger charge is 2.13. The summed E-state index contributed by atoms with van der Waals surface area (Å²) in [5, 5.41) is 2.50. The molecule has 0 spiro atoms. The Labute approximate surface area is 135 Å². The normalized spacial score (nSPS) is 10.3. The van der Waals surface area contributed by atoms with Crippen molar-refractivity contribution in [2.75, 3.05) is 6.54 Å². The van der Waals surface area contributed by atoms with Gasteiger partial charge >= 0.3 is 11.9 Å². The molecule has 7 heteroatoms. The second-order valence-corrected chi connectivity index (χ2v) is 4.93. The summed E-state index contributed by atoms with van der Waals surface area (Å²) in [5.74, 6) is -1.31. The number of pyridine rings is 1. The first kappa shape index (κ1) is 18.6. The number of esters is 2. The molecule has 1 aromatic rings. The summed E-state index contributed by atoms with van der Waals surface area (Å²) in [7, 11) is 0. The van der Waals surface area contributed by atoms with Gasteiger partial charge in [-0.05, 0) is 25.0 Å². The molecule has 1 aromatic heterocycles. The molecule has 0 aromatic carbocycles. The first-order valence-corrected chi connectivity index (χ1v) is 7.52. The first-order chi connectivity index (χ1) is 11.0. The summed E-state index contributed by atoms with van der Waals surface area (Å²) in [6.45, 7) is 4.95. The third kappa shape index (κ3) is 6.90. The van der Waals surface area contributed by atoms with Gasteiger partial charge in [-0.2, -0.15) is 0 Å². The molecule has 0 aliphatic carbocycles. The lowest BCUT2D eigenvalue weighted by atomic mass is 10.2. The van der Waals surface area contributed by atoms with E-state index in [-0.39, 0.29) is 19.3 Å². The molecule has 0 unspecified atom stereocenters. The van der Waals surface area contributed by atoms with Crippen molar-refractivity contribution in [2.24, 2.45) is 0 Å². The Bertz CT molecular complexity index is 555. The summed E-state index contributed by atoms with van der Waals surface area (Å²) >= 11 is 0. The second-order valence-electron chi connectivity index (χ2n) is 4.93. The van der Waals surface area contributed by atoms with Crippen LogP contribution < -0.4 is 5.32 Å². The lowest BCUT2D eigenvalue weighted by Crippen LogP contribution is -2.32. The van der Waals surface area contributed by atoms with E-state index in [0.717, 1.165) is 12.8 Å². The van der Waals surface area contributed by atoms with Crippen LogP contribution >= 0.6 is 0 Å². The number of hydrogen-bond acceptors (Lipinski definition) is 6. The average molecular weight is 322 g/mol. The number of nitrogens with one attached hydrogen (secondary N) is 1. The molecule has 0 fully saturated rings. The molecule has 23 heavy (non-hydrogen) atoms. The van der Waals surface area contributed by atoms with Crippen LogP contribution in [0.5, 0.6) is 0 Å². The highest BCUT2D eigenvalue weighted by Crippen LogP contribution is 2.05. The standard InChI is InChI=1S/C16H22N2O5/c1-4-14(5-2)23-15(20)9-18-16(21)12-6-7-17-13(8-12)10-22-11(3)19/h6-8,14H,4-5,9-10H2,1-3H3,(H,18,21). The number of hydrogen-bond donors (Lipinski definition) is 1. The number of carbonyl (C=O) groups excluding carboxylic acids is 3. The predicted octanol–water partition coefficient (Wildman–Crippen LogP) is 1.61. The molecule has 7 nitrogen and oxygen atoms in total. The Hall–Kier alpha value is -2.44. The molecular formula is C16H22N2O5. The van der Waals surface area contributed by atoms with Crippen LogP contribution in [0.15, 0.2) is 18.3 Å². The molecule has 0 saturated carbocycles. The Kier molecular flexibility index (Phi) is 7.73. The molecule has 1 N–H and O–H groups in total. The summed E-state index contributed by atoms with van der Waals surface area (Å²) in [4.78, 5) is 38.4. The zero-order valence-electron chi connectivity index (χ0n) is 13.6. The van der Waals surface area contributed by atoms with Crippen LogP contribution in [0.4, 0.5) is 0 Å². The molecule has 1 heterocycles. The van der Waals surface area contributed by atoms with Gasteiger partial charge in [-0.3, -0.25) is 19.4 Å². The van der Waals surface area contributed by atoms with Crippen LogP contribution in [0.25, 0.3) is 0 Å². The van der Waals surface area contributed by atoms with Gasteiger partial charge in [0.15, 0.2) is 0 Å². The van der Waals surface area contributed by atoms with E-state index < -0.39 is 17.8 Å². The highest BCUT2D eigenvalue weighted by atomic mass is 16.5. The maximum absolute atomic E-state index is 12.0. The lowest BCUT2D eigenvalue weighted by Gasteiger charge is -2.14. The largest absolute Gasteiger partial charge is 0.461 e. The van der Waals surface area contributed by atoms with Crippen LogP contribution in [0.2, 0.25) is 0 Å². The van der Waals surface area contributed by atoms with Crippen LogP contribution in [0.1, 0.15) is 49.7 Å². The number of carbonyl (C=O) groups is 3. The van der Waals surface area contributed by atoms with Crippen LogP contribution in [0.3, 0.4) is 0 Å². The molecule has 0 radical (unpaired) electrons. The predicted molar refractivity (Wildman–Crippen MR) is 82.5 cm³/mol. The third-order valence-electron chi connectivity index (χ3n) is 3.10. The zero-order chi connectivity index (χ0) is 17.2. The molecule has 126 valence electrons. The van der Waals surface area contributed by atoms with Crippen LogP contribution in [0, 0.1) is 0 Å². The minimum atomic E-state index is -0.471. The van der Waals surface area contributed by atoms with E-state index >= 15 is 0 Å². The molecule has 1 rings (SSSR count). The van der Waals surface area contributed by atoms with Crippen molar-refractivity contribution < 1.29 is 23.9 Å². The Balaban J connectivity index is 2.52. The Morgan fingerprint density at radius 2 is 1.96 bits per heavy atom. The molecular weight excluding hydrogens is 300 g/mol. The SMILES string of the molecule is CCC(CC)OC(=O)CNC(=O)c1ccnc(COC(C)=O)c1. The minimum Gasteiger partial charge on any atom is -0.461 e. The summed E-state index contributed by atoms with van der Waals surface area (Å²) < 4.78 is 10.0. The molecule has 0 atom stereocenters. The van der Waals surface area contributed by atoms with Crippen LogP contribution in [-0.2, 0) is 25.7 Å². The van der Waals surface area contributed by atoms with Gasteiger partial charge in [0, 0.05) is 18.7 Å². The molecule has 0 aliphatic rings. The smallest absolute Gasteiger partial charge is 0.325 e. The zero-order valence-corrected chi connectivity index (χ0v) is 13.6. The molecule has 1 amide bonds. The number of rotatable bonds is 8. The summed E-state index contributed by atoms with van der Waals surface area (Å²) in [6, 6.07) is 3.02. The maximum Gasteiger partial charge on any atom is 0.325 e. The topological polar surface area (TPSA) is 94.6 Å². The monoisotopic (exact) mass is 322 g/mol. The van der Waals surface area contributed by atoms with Gasteiger partial charge in [0.05, 0.1) is 5.69 Å². The van der Waals surface area contributed by atoms with Crippen molar-refractivity contribution in [3.8, 4) is 0 Å². The maximum atomic E-state index is 12.0. The van der Waals surface area contributed by atoms with E-state index in [1.54, 1.807) is 0 Å². The first-order valence-electron chi connectivity index (χ1n) is 7.52. The van der Waals surface area contributed by atoms with Crippen molar-refractivity contribution in [3.05, 3.63) is 29.6 Å². The summed E-state index contributed by atoms with van der Waals surface area (Å²) in [5.41, 5.74) is 0.782. The average Bonchev–Trinajstić information content (AvgIpc) is 2.55. The number of amides is 1. The van der Waals surface area contributed by atoms with Gasteiger partial charge < -0.3 is 14.8 Å². The number of nitrogens with zero attached hydrogens (tertiary/aromatic N) is 1. The number of ether oxygens (including phenoxy) is 2. The number of aromatic nitrogens is 1. The van der Waals surface area contributed by atoms with E-state index in [4.69, 9.17) is 9.47 Å². The fourth-order valence-electron chi connectivity index (χ4n) is 1.81. The quantitative estimate of drug-likeness (QED) is 0.731. The minimum absolute atomic E-state index is 0.00677. The lowest BCUT2D eigenvalue weighted by molar-refractivity contribution is -0.148. The van der Waals surface area contributed by atoms with Crippen LogP contribution in [-0.4, -0.2) is 35.5 Å². The Morgan fingerprint density at radius 3 is 2.57 bits per heavy atom. The van der Waals surface area contributed by atoms with Gasteiger partial charge in [-0.25, -0.2) is 0 Å². The molecule has 0 saturated heterocycles. The van der Waals surface area contributed by atoms with Gasteiger partial charge in [0.1, 0.15) is 19.3 Å². The fourth-order valence-corrected chi connectivity index (χ4v) is 1.81. The van der Waals surface area contributed by atoms with E-state index in [1.165, 1.54) is 25.3 Å². The fraction of sp³-hybridized carbons (Fsp3) is 0.500. The third-order valence-corrected chi connectivity index (χ3v) is 3.10. The highest BCUT2D eigenvalue weighted by molar-refractivity contribution is 5.95. The van der Waals surface area contributed by atoms with E-state index in [2.05, 4.69) is 10.3 Å². The second kappa shape index (κ2) is 9.55. The van der Waals surface area contributed by atoms with Crippen molar-refractivity contribution in [2.45, 2.75) is 46.3 Å². The van der Waals surface area contributed by atoms with Gasteiger partial charge in [-0.1, -0.05) is 13.8 Å². The van der Waals surface area contributed by atoms with E-state index in [9.17, 15) is 14.4 Å². The van der Waals surface area contributed by atoms with Crippen molar-refractivity contribution in [1.29, 1.82) is 0 Å². The van der Waals surface area contributed by atoms with Gasteiger partial charge in [0.2, 0.25) is 0 Å².